The van der Waals surface area contributed by atoms with Crippen molar-refractivity contribution < 1.29 is 14.0 Å². The number of nitrogens with two attached hydrogens (primary N) is 2. The third kappa shape index (κ3) is 3.30. The summed E-state index contributed by atoms with van der Waals surface area (Å²) >= 11 is 4.82. The SMILES string of the molecule is NC(=O)c1c(/N=c2\oc3ccc(Br)cc3cc2C(N)=O)sc2c1CCCC2. The van der Waals surface area contributed by atoms with Gasteiger partial charge in [-0.15, -0.1) is 11.3 Å². The number of fused-ring (bicyclic) bond motifs is 2. The molecule has 0 unspecified atom stereocenters. The highest BCUT2D eigenvalue weighted by molar-refractivity contribution is 9.10. The van der Waals surface area contributed by atoms with Gasteiger partial charge in [-0.25, -0.2) is 4.99 Å². The maximum Gasteiger partial charge on any atom is 0.254 e. The molecule has 4 N–H and O–H groups in total. The first-order chi connectivity index (χ1) is 12.9. The normalized spacial score (nSPS) is 14.3. The molecule has 0 radical (unpaired) electrons. The van der Waals surface area contributed by atoms with Crippen LogP contribution in [0.25, 0.3) is 11.0 Å². The Morgan fingerprint density at radius 1 is 1.11 bits per heavy atom. The van der Waals surface area contributed by atoms with E-state index in [1.165, 1.54) is 11.3 Å². The van der Waals surface area contributed by atoms with Gasteiger partial charge in [0.1, 0.15) is 16.1 Å². The van der Waals surface area contributed by atoms with Crippen LogP contribution in [0.3, 0.4) is 0 Å². The molecule has 2 heterocycles. The number of thiophene rings is 1. The van der Waals surface area contributed by atoms with E-state index in [9.17, 15) is 9.59 Å². The van der Waals surface area contributed by atoms with E-state index in [2.05, 4.69) is 20.9 Å². The molecule has 0 atom stereocenters. The van der Waals surface area contributed by atoms with Gasteiger partial charge in [-0.2, -0.15) is 0 Å². The van der Waals surface area contributed by atoms with Crippen molar-refractivity contribution in [2.45, 2.75) is 25.7 Å². The number of nitrogens with zero attached hydrogens (tertiary/aromatic N) is 1. The van der Waals surface area contributed by atoms with Crippen LogP contribution >= 0.6 is 27.3 Å². The molecule has 0 saturated heterocycles. The molecule has 8 heteroatoms. The van der Waals surface area contributed by atoms with Crippen molar-refractivity contribution in [3.8, 4) is 0 Å². The number of carbonyl (C=O) groups is 2. The molecular formula is C19H16BrN3O3S. The van der Waals surface area contributed by atoms with Gasteiger partial charge in [0.15, 0.2) is 0 Å². The minimum Gasteiger partial charge on any atom is -0.437 e. The Kier molecular flexibility index (Phi) is 4.61. The Morgan fingerprint density at radius 3 is 2.63 bits per heavy atom. The molecule has 0 aliphatic heterocycles. The molecule has 0 spiro atoms. The first kappa shape index (κ1) is 17.9. The van der Waals surface area contributed by atoms with Crippen LogP contribution in [0.4, 0.5) is 5.00 Å². The summed E-state index contributed by atoms with van der Waals surface area (Å²) in [6, 6.07) is 7.08. The van der Waals surface area contributed by atoms with Crippen LogP contribution in [0.5, 0.6) is 0 Å². The summed E-state index contributed by atoms with van der Waals surface area (Å²) in [5.74, 6) is -1.17. The van der Waals surface area contributed by atoms with E-state index < -0.39 is 11.8 Å². The highest BCUT2D eigenvalue weighted by Gasteiger charge is 2.24. The molecule has 3 aromatic rings. The van der Waals surface area contributed by atoms with Crippen LogP contribution in [0.1, 0.15) is 44.0 Å². The Balaban J connectivity index is 1.99. The zero-order valence-electron chi connectivity index (χ0n) is 14.3. The van der Waals surface area contributed by atoms with Crippen LogP contribution in [0, 0.1) is 0 Å². The number of hydrogen-bond acceptors (Lipinski definition) is 5. The summed E-state index contributed by atoms with van der Waals surface area (Å²) < 4.78 is 6.70. The zero-order chi connectivity index (χ0) is 19.1. The molecule has 0 saturated carbocycles. The highest BCUT2D eigenvalue weighted by Crippen LogP contribution is 2.39. The van der Waals surface area contributed by atoms with E-state index in [1.54, 1.807) is 12.1 Å². The molecule has 6 nitrogen and oxygen atoms in total. The van der Waals surface area contributed by atoms with Gasteiger partial charge in [-0.05, 0) is 55.5 Å². The van der Waals surface area contributed by atoms with Crippen LogP contribution < -0.4 is 17.0 Å². The molecule has 2 amide bonds. The summed E-state index contributed by atoms with van der Waals surface area (Å²) in [5.41, 5.74) is 13.4. The van der Waals surface area contributed by atoms with E-state index in [0.717, 1.165) is 46.0 Å². The maximum atomic E-state index is 12.1. The second-order valence-corrected chi connectivity index (χ2v) is 8.38. The summed E-state index contributed by atoms with van der Waals surface area (Å²) in [6.07, 6.45) is 3.81. The Morgan fingerprint density at radius 2 is 1.89 bits per heavy atom. The fraction of sp³-hybridized carbons (Fsp3) is 0.211. The van der Waals surface area contributed by atoms with E-state index >= 15 is 0 Å². The van der Waals surface area contributed by atoms with E-state index in [-0.39, 0.29) is 11.1 Å². The van der Waals surface area contributed by atoms with Crippen LogP contribution in [0.15, 0.2) is 38.1 Å². The molecule has 2 aromatic heterocycles. The standard InChI is InChI=1S/C19H16BrN3O3S/c20-10-5-6-13-9(7-10)8-12(16(21)24)18(26-13)23-19-15(17(22)25)11-3-1-2-4-14(11)27-19/h5-8H,1-4H2,(H2,21,24)(H2,22,25)/b23-18-. The van der Waals surface area contributed by atoms with Gasteiger partial charge >= 0.3 is 0 Å². The van der Waals surface area contributed by atoms with Gasteiger partial charge in [0.25, 0.3) is 11.8 Å². The largest absolute Gasteiger partial charge is 0.437 e. The molecular weight excluding hydrogens is 430 g/mol. The molecule has 27 heavy (non-hydrogen) atoms. The highest BCUT2D eigenvalue weighted by atomic mass is 79.9. The number of hydrogen-bond donors (Lipinski definition) is 2. The Hall–Kier alpha value is -2.45. The average Bonchev–Trinajstić information content (AvgIpc) is 2.99. The lowest BCUT2D eigenvalue weighted by atomic mass is 9.95. The Labute approximate surface area is 167 Å². The smallest absolute Gasteiger partial charge is 0.254 e. The van der Waals surface area contributed by atoms with Crippen molar-refractivity contribution in [3.63, 3.8) is 0 Å². The second kappa shape index (κ2) is 6.94. The number of carbonyl (C=O) groups excluding carboxylic acids is 2. The van der Waals surface area contributed by atoms with Crippen molar-refractivity contribution in [1.29, 1.82) is 0 Å². The van der Waals surface area contributed by atoms with Gasteiger partial charge in [-0.3, -0.25) is 9.59 Å². The predicted octanol–water partition coefficient (Wildman–Crippen LogP) is 3.57. The van der Waals surface area contributed by atoms with Crippen molar-refractivity contribution in [1.82, 2.24) is 0 Å². The zero-order valence-corrected chi connectivity index (χ0v) is 16.7. The number of benzene rings is 1. The van der Waals surface area contributed by atoms with Crippen LogP contribution in [-0.4, -0.2) is 11.8 Å². The summed E-state index contributed by atoms with van der Waals surface area (Å²) in [6.45, 7) is 0. The third-order valence-electron chi connectivity index (χ3n) is 4.58. The lowest BCUT2D eigenvalue weighted by Gasteiger charge is -2.10. The minimum absolute atomic E-state index is 0.0819. The lowest BCUT2D eigenvalue weighted by Crippen LogP contribution is -2.22. The van der Waals surface area contributed by atoms with E-state index in [0.29, 0.717) is 16.1 Å². The molecule has 0 fully saturated rings. The number of rotatable bonds is 3. The van der Waals surface area contributed by atoms with Gasteiger partial charge in [0.2, 0.25) is 5.55 Å². The molecule has 1 aliphatic carbocycles. The van der Waals surface area contributed by atoms with Crippen molar-refractivity contribution >= 4 is 55.1 Å². The lowest BCUT2D eigenvalue weighted by molar-refractivity contribution is 0.0990. The minimum atomic E-state index is -0.652. The van der Waals surface area contributed by atoms with Crippen molar-refractivity contribution in [2.75, 3.05) is 0 Å². The second-order valence-electron chi connectivity index (χ2n) is 6.38. The van der Waals surface area contributed by atoms with Gasteiger partial charge < -0.3 is 15.9 Å². The average molecular weight is 446 g/mol. The van der Waals surface area contributed by atoms with Gasteiger partial charge in [0, 0.05) is 14.7 Å². The number of primary amides is 2. The predicted molar refractivity (Wildman–Crippen MR) is 107 cm³/mol. The first-order valence-electron chi connectivity index (χ1n) is 8.46. The number of aryl methyl sites for hydroxylation is 1. The van der Waals surface area contributed by atoms with Gasteiger partial charge in [0.05, 0.1) is 5.56 Å². The first-order valence-corrected chi connectivity index (χ1v) is 10.1. The third-order valence-corrected chi connectivity index (χ3v) is 6.26. The molecule has 1 aliphatic rings. The van der Waals surface area contributed by atoms with E-state index in [1.807, 2.05) is 12.1 Å². The summed E-state index contributed by atoms with van der Waals surface area (Å²) in [7, 11) is 0. The fourth-order valence-corrected chi connectivity index (χ4v) is 4.98. The summed E-state index contributed by atoms with van der Waals surface area (Å²) in [5, 5.41) is 1.19. The maximum absolute atomic E-state index is 12.1. The van der Waals surface area contributed by atoms with Crippen LogP contribution in [0.2, 0.25) is 0 Å². The molecule has 0 bridgehead atoms. The fourth-order valence-electron chi connectivity index (χ4n) is 3.34. The molecule has 4 rings (SSSR count). The topological polar surface area (TPSA) is 112 Å². The van der Waals surface area contributed by atoms with E-state index in [4.69, 9.17) is 15.9 Å². The molecule has 1 aromatic carbocycles. The quantitative estimate of drug-likeness (QED) is 0.642. The van der Waals surface area contributed by atoms with Crippen molar-refractivity contribution in [3.05, 3.63) is 55.9 Å². The monoisotopic (exact) mass is 445 g/mol. The Bertz CT molecular complexity index is 1160. The summed E-state index contributed by atoms with van der Waals surface area (Å²) in [4.78, 5) is 29.6. The number of amides is 2. The van der Waals surface area contributed by atoms with Gasteiger partial charge in [-0.1, -0.05) is 15.9 Å². The number of halogens is 1. The molecule has 138 valence electrons. The van der Waals surface area contributed by atoms with Crippen molar-refractivity contribution in [2.24, 2.45) is 16.5 Å². The van der Waals surface area contributed by atoms with Crippen LogP contribution in [-0.2, 0) is 12.8 Å².